The highest BCUT2D eigenvalue weighted by Gasteiger charge is 2.06. The van der Waals surface area contributed by atoms with Crippen LogP contribution in [0.3, 0.4) is 0 Å². The number of rotatable bonds is 11. The van der Waals surface area contributed by atoms with Gasteiger partial charge in [0.05, 0.1) is 64.6 Å². The summed E-state index contributed by atoms with van der Waals surface area (Å²) < 4.78 is 15.1. The molecule has 20 heavy (non-hydrogen) atoms. The van der Waals surface area contributed by atoms with Crippen LogP contribution in [0.25, 0.3) is 0 Å². The van der Waals surface area contributed by atoms with E-state index in [0.29, 0.717) is 26.4 Å². The predicted octanol–water partition coefficient (Wildman–Crippen LogP) is -0.843. The number of hydrogen-bond acceptors (Lipinski definition) is 7. The van der Waals surface area contributed by atoms with Crippen molar-refractivity contribution in [2.75, 3.05) is 46.2 Å². The molecule has 0 fully saturated rings. The minimum atomic E-state index is -0.447. The molecule has 0 aromatic heterocycles. The van der Waals surface area contributed by atoms with Crippen molar-refractivity contribution in [1.82, 2.24) is 0 Å². The molecule has 4 N–H and O–H groups in total. The van der Waals surface area contributed by atoms with Crippen LogP contribution in [0.5, 0.6) is 0 Å². The number of ether oxygens (including phenoxy) is 3. The van der Waals surface area contributed by atoms with Gasteiger partial charge in [-0.3, -0.25) is 0 Å². The van der Waals surface area contributed by atoms with Crippen molar-refractivity contribution in [3.05, 3.63) is 0 Å². The Labute approximate surface area is 121 Å². The van der Waals surface area contributed by atoms with E-state index in [2.05, 4.69) is 4.74 Å². The fourth-order valence-corrected chi connectivity index (χ4v) is 0.935. The lowest BCUT2D eigenvalue weighted by atomic mass is 10.4. The zero-order valence-electron chi connectivity index (χ0n) is 12.7. The Hall–Kier alpha value is -0.280. The van der Waals surface area contributed by atoms with Crippen LogP contribution < -0.4 is 0 Å². The Bertz CT molecular complexity index is 174. The molecule has 7 heteroatoms. The molecule has 3 atom stereocenters. The monoisotopic (exact) mass is 298 g/mol. The first kappa shape index (κ1) is 22.0. The lowest BCUT2D eigenvalue weighted by molar-refractivity contribution is -0.0620. The zero-order chi connectivity index (χ0) is 15.8. The van der Waals surface area contributed by atoms with Gasteiger partial charge in [0.25, 0.3) is 0 Å². The molecular weight excluding hydrogens is 268 g/mol. The van der Waals surface area contributed by atoms with E-state index in [1.807, 2.05) is 6.92 Å². The van der Waals surface area contributed by atoms with Gasteiger partial charge in [0.2, 0.25) is 0 Å². The van der Waals surface area contributed by atoms with Gasteiger partial charge in [0.15, 0.2) is 0 Å². The summed E-state index contributed by atoms with van der Waals surface area (Å²) in [7, 11) is 0. The van der Waals surface area contributed by atoms with Crippen molar-refractivity contribution in [1.29, 1.82) is 0 Å². The minimum absolute atomic E-state index is 0.0170. The molecule has 0 aromatic carbocycles. The Kier molecular flexibility index (Phi) is 18.5. The first-order chi connectivity index (χ1) is 9.47. The molecule has 124 valence electrons. The summed E-state index contributed by atoms with van der Waals surface area (Å²) in [6, 6.07) is 0. The molecular formula is C13H30O7. The van der Waals surface area contributed by atoms with E-state index in [9.17, 15) is 0 Å². The predicted molar refractivity (Wildman–Crippen MR) is 74.6 cm³/mol. The molecule has 0 heterocycles. The van der Waals surface area contributed by atoms with Gasteiger partial charge in [0.1, 0.15) is 0 Å². The molecule has 0 bridgehead atoms. The first-order valence-electron chi connectivity index (χ1n) is 6.79. The standard InChI is InChI=1S/C9H20O4.C4H10O3/c1-7(11)5-12-9(3)6-13-8(2)4-10;5-1-3-7-4-2-6/h7-11H,4-6H2,1-3H3;5-6H,1-4H2. The third kappa shape index (κ3) is 20.0. The molecule has 0 amide bonds. The average molecular weight is 298 g/mol. The van der Waals surface area contributed by atoms with Crippen molar-refractivity contribution >= 4 is 0 Å². The number of aliphatic hydroxyl groups is 4. The Morgan fingerprint density at radius 1 is 0.800 bits per heavy atom. The summed E-state index contributed by atoms with van der Waals surface area (Å²) in [6.07, 6.45) is -0.654. The highest BCUT2D eigenvalue weighted by atomic mass is 16.5. The van der Waals surface area contributed by atoms with Gasteiger partial charge < -0.3 is 34.6 Å². The van der Waals surface area contributed by atoms with Crippen LogP contribution in [0.15, 0.2) is 0 Å². The molecule has 0 aliphatic heterocycles. The second kappa shape index (κ2) is 16.8. The molecule has 0 saturated heterocycles. The van der Waals surface area contributed by atoms with Crippen LogP contribution in [0, 0.1) is 0 Å². The maximum Gasteiger partial charge on any atom is 0.0781 e. The second-order valence-electron chi connectivity index (χ2n) is 4.38. The highest BCUT2D eigenvalue weighted by Crippen LogP contribution is 1.97. The van der Waals surface area contributed by atoms with Gasteiger partial charge in [-0.25, -0.2) is 0 Å². The Morgan fingerprint density at radius 3 is 1.70 bits per heavy atom. The molecule has 3 unspecified atom stereocenters. The van der Waals surface area contributed by atoms with Crippen molar-refractivity contribution in [2.45, 2.75) is 39.1 Å². The van der Waals surface area contributed by atoms with Crippen LogP contribution in [0.1, 0.15) is 20.8 Å². The highest BCUT2D eigenvalue weighted by molar-refractivity contribution is 4.52. The lowest BCUT2D eigenvalue weighted by Gasteiger charge is -2.16. The molecule has 0 spiro atoms. The van der Waals surface area contributed by atoms with E-state index in [1.54, 1.807) is 13.8 Å². The van der Waals surface area contributed by atoms with Crippen molar-refractivity contribution in [3.63, 3.8) is 0 Å². The molecule has 7 nitrogen and oxygen atoms in total. The third-order valence-electron chi connectivity index (χ3n) is 1.97. The Morgan fingerprint density at radius 2 is 1.30 bits per heavy atom. The maximum atomic E-state index is 8.92. The van der Waals surface area contributed by atoms with Gasteiger partial charge in [0, 0.05) is 0 Å². The summed E-state index contributed by atoms with van der Waals surface area (Å²) in [5, 5.41) is 33.8. The van der Waals surface area contributed by atoms with Gasteiger partial charge in [-0.05, 0) is 20.8 Å². The SMILES string of the molecule is CC(O)COC(C)COC(C)CO.OCCOCCO. The molecule has 0 aliphatic rings. The van der Waals surface area contributed by atoms with E-state index in [-0.39, 0.29) is 32.0 Å². The van der Waals surface area contributed by atoms with Crippen molar-refractivity contribution in [2.24, 2.45) is 0 Å². The van der Waals surface area contributed by atoms with Gasteiger partial charge in [-0.15, -0.1) is 0 Å². The first-order valence-corrected chi connectivity index (χ1v) is 6.79. The molecule has 0 radical (unpaired) electrons. The lowest BCUT2D eigenvalue weighted by Crippen LogP contribution is -2.24. The van der Waals surface area contributed by atoms with E-state index in [0.717, 1.165) is 0 Å². The van der Waals surface area contributed by atoms with Gasteiger partial charge in [-0.1, -0.05) is 0 Å². The van der Waals surface area contributed by atoms with Crippen molar-refractivity contribution < 1.29 is 34.6 Å². The fourth-order valence-electron chi connectivity index (χ4n) is 0.935. The van der Waals surface area contributed by atoms with Crippen LogP contribution >= 0.6 is 0 Å². The van der Waals surface area contributed by atoms with Gasteiger partial charge in [-0.2, -0.15) is 0 Å². The van der Waals surface area contributed by atoms with Crippen LogP contribution in [-0.4, -0.2) is 85.0 Å². The second-order valence-corrected chi connectivity index (χ2v) is 4.38. The molecule has 0 saturated carbocycles. The summed E-state index contributed by atoms with van der Waals surface area (Å²) in [5.74, 6) is 0. The normalized spacial score (nSPS) is 15.2. The van der Waals surface area contributed by atoms with E-state index in [1.165, 1.54) is 0 Å². The fraction of sp³-hybridized carbons (Fsp3) is 1.00. The van der Waals surface area contributed by atoms with Crippen molar-refractivity contribution in [3.8, 4) is 0 Å². The molecule has 0 rings (SSSR count). The quantitative estimate of drug-likeness (QED) is 0.368. The number of aliphatic hydroxyl groups excluding tert-OH is 4. The third-order valence-corrected chi connectivity index (χ3v) is 1.97. The molecule has 0 aromatic rings. The zero-order valence-corrected chi connectivity index (χ0v) is 12.7. The molecule has 0 aliphatic carbocycles. The van der Waals surface area contributed by atoms with Gasteiger partial charge >= 0.3 is 0 Å². The largest absolute Gasteiger partial charge is 0.394 e. The van der Waals surface area contributed by atoms with E-state index >= 15 is 0 Å². The van der Waals surface area contributed by atoms with Crippen LogP contribution in [0.4, 0.5) is 0 Å². The minimum Gasteiger partial charge on any atom is -0.394 e. The smallest absolute Gasteiger partial charge is 0.0781 e. The average Bonchev–Trinajstić information content (AvgIpc) is 2.43. The van der Waals surface area contributed by atoms with E-state index < -0.39 is 6.10 Å². The summed E-state index contributed by atoms with van der Waals surface area (Å²) in [4.78, 5) is 0. The maximum absolute atomic E-state index is 8.92. The summed E-state index contributed by atoms with van der Waals surface area (Å²) >= 11 is 0. The topological polar surface area (TPSA) is 109 Å². The summed E-state index contributed by atoms with van der Waals surface area (Å²) in [5.41, 5.74) is 0. The van der Waals surface area contributed by atoms with E-state index in [4.69, 9.17) is 29.9 Å². The Balaban J connectivity index is 0. The summed E-state index contributed by atoms with van der Waals surface area (Å²) in [6.45, 7) is 6.80. The number of hydrogen-bond donors (Lipinski definition) is 4. The van der Waals surface area contributed by atoms with Crippen LogP contribution in [0.2, 0.25) is 0 Å². The van der Waals surface area contributed by atoms with Crippen LogP contribution in [-0.2, 0) is 14.2 Å².